The van der Waals surface area contributed by atoms with Gasteiger partial charge in [-0.1, -0.05) is 0 Å². The van der Waals surface area contributed by atoms with E-state index >= 15 is 0 Å². The van der Waals surface area contributed by atoms with Crippen LogP contribution in [0.25, 0.3) is 0 Å². The molecule has 0 aromatic carbocycles. The van der Waals surface area contributed by atoms with E-state index in [0.29, 0.717) is 25.2 Å². The topological polar surface area (TPSA) is 84.5 Å². The van der Waals surface area contributed by atoms with Gasteiger partial charge in [-0.25, -0.2) is 0 Å². The molecule has 0 heterocycles. The van der Waals surface area contributed by atoms with Crippen molar-refractivity contribution >= 4 is 29.9 Å². The van der Waals surface area contributed by atoms with Gasteiger partial charge in [0, 0.05) is 26.3 Å². The third kappa shape index (κ3) is 9.83. The van der Waals surface area contributed by atoms with Crippen LogP contribution in [0.4, 0.5) is 0 Å². The molecule has 0 unspecified atom stereocenters. The molecule has 0 aromatic rings. The molecule has 0 radical (unpaired) electrons. The number of ether oxygens (including phenoxy) is 1. The van der Waals surface area contributed by atoms with Crippen LogP contribution in [0.3, 0.4) is 0 Å². The monoisotopic (exact) mass is 262 g/mol. The summed E-state index contributed by atoms with van der Waals surface area (Å²) in [5.41, 5.74) is 0. The Morgan fingerprint density at radius 1 is 1.47 bits per heavy atom. The maximum absolute atomic E-state index is 11.2. The Morgan fingerprint density at radius 2 is 2.18 bits per heavy atom. The van der Waals surface area contributed by atoms with Crippen LogP contribution in [0.15, 0.2) is 0 Å². The van der Waals surface area contributed by atoms with Crippen LogP contribution < -0.4 is 10.6 Å². The van der Waals surface area contributed by atoms with Crippen LogP contribution in [0.1, 0.15) is 6.92 Å². The number of rotatable bonds is 9. The fourth-order valence-electron chi connectivity index (χ4n) is 0.998. The maximum Gasteiger partial charge on any atom is 0.230 e. The van der Waals surface area contributed by atoms with Gasteiger partial charge in [0.15, 0.2) is 0 Å². The number of carbonyl (C=O) groups excluding carboxylic acids is 3. The summed E-state index contributed by atoms with van der Waals surface area (Å²) in [6, 6.07) is -0.538. The number of methoxy groups -OCH3 is 1. The van der Waals surface area contributed by atoms with Crippen molar-refractivity contribution in [2.24, 2.45) is 0 Å². The molecule has 98 valence electrons. The van der Waals surface area contributed by atoms with Gasteiger partial charge in [0.2, 0.25) is 11.8 Å². The number of nitrogens with one attached hydrogen (secondary N) is 2. The van der Waals surface area contributed by atoms with E-state index in [1.54, 1.807) is 7.11 Å². The number of hydrogen-bond acceptors (Lipinski definition) is 5. The predicted octanol–water partition coefficient (Wildman–Crippen LogP) is -0.814. The summed E-state index contributed by atoms with van der Waals surface area (Å²) >= 11 is 1.30. The molecule has 0 aliphatic rings. The van der Waals surface area contributed by atoms with Gasteiger partial charge in [-0.2, -0.15) is 0 Å². The zero-order valence-electron chi connectivity index (χ0n) is 10.0. The van der Waals surface area contributed by atoms with Gasteiger partial charge in [0.25, 0.3) is 0 Å². The van der Waals surface area contributed by atoms with E-state index in [0.717, 1.165) is 0 Å². The predicted molar refractivity (Wildman–Crippen MR) is 65.9 cm³/mol. The van der Waals surface area contributed by atoms with Crippen LogP contribution in [-0.2, 0) is 19.1 Å². The average Bonchev–Trinajstić information content (AvgIpc) is 2.27. The van der Waals surface area contributed by atoms with E-state index in [9.17, 15) is 14.4 Å². The second-order valence-corrected chi connectivity index (χ2v) is 4.33. The fraction of sp³-hybridized carbons (Fsp3) is 0.700. The van der Waals surface area contributed by atoms with Crippen molar-refractivity contribution in [2.75, 3.05) is 31.8 Å². The second kappa shape index (κ2) is 10.1. The molecule has 7 heteroatoms. The number of carbonyl (C=O) groups is 3. The van der Waals surface area contributed by atoms with Gasteiger partial charge in [0.05, 0.1) is 18.4 Å². The van der Waals surface area contributed by atoms with Crippen LogP contribution in [0.5, 0.6) is 0 Å². The molecule has 0 spiro atoms. The fourth-order valence-corrected chi connectivity index (χ4v) is 1.82. The van der Waals surface area contributed by atoms with Gasteiger partial charge < -0.3 is 20.2 Å². The molecule has 2 N–H and O–H groups in total. The van der Waals surface area contributed by atoms with E-state index in [-0.39, 0.29) is 17.6 Å². The van der Waals surface area contributed by atoms with Gasteiger partial charge in [-0.3, -0.25) is 9.59 Å². The molecule has 2 amide bonds. The molecular weight excluding hydrogens is 244 g/mol. The Morgan fingerprint density at radius 3 is 2.71 bits per heavy atom. The van der Waals surface area contributed by atoms with Crippen LogP contribution in [0, 0.1) is 0 Å². The number of hydrogen-bond donors (Lipinski definition) is 2. The van der Waals surface area contributed by atoms with E-state index < -0.39 is 6.04 Å². The van der Waals surface area contributed by atoms with Gasteiger partial charge in [-0.15, -0.1) is 11.8 Å². The maximum atomic E-state index is 11.2. The summed E-state index contributed by atoms with van der Waals surface area (Å²) in [6.45, 7) is 2.29. The second-order valence-electron chi connectivity index (χ2n) is 3.30. The molecular formula is C10H18N2O4S. The van der Waals surface area contributed by atoms with Crippen LogP contribution in [-0.4, -0.2) is 55.9 Å². The van der Waals surface area contributed by atoms with Crippen molar-refractivity contribution < 1.29 is 19.1 Å². The van der Waals surface area contributed by atoms with Crippen LogP contribution in [0.2, 0.25) is 0 Å². The Bertz CT molecular complexity index is 261. The number of aldehydes is 1. The summed E-state index contributed by atoms with van der Waals surface area (Å²) < 4.78 is 4.78. The van der Waals surface area contributed by atoms with Crippen molar-refractivity contribution in [3.8, 4) is 0 Å². The standard InChI is InChI=1S/C10H18N2O4S/c1-8(14)12-9(5-13)6-17-7-10(15)11-3-4-16-2/h5,9H,3-4,6-7H2,1-2H3,(H,11,15)(H,12,14)/t9-/m1/s1. The Hall–Kier alpha value is -1.08. The molecule has 17 heavy (non-hydrogen) atoms. The van der Waals surface area contributed by atoms with Crippen LogP contribution >= 0.6 is 11.8 Å². The summed E-state index contributed by atoms with van der Waals surface area (Å²) in [7, 11) is 1.56. The largest absolute Gasteiger partial charge is 0.383 e. The summed E-state index contributed by atoms with van der Waals surface area (Å²) in [5, 5.41) is 5.13. The minimum absolute atomic E-state index is 0.112. The molecule has 0 saturated carbocycles. The lowest BCUT2D eigenvalue weighted by molar-refractivity contribution is -0.121. The lowest BCUT2D eigenvalue weighted by Crippen LogP contribution is -2.37. The zero-order valence-corrected chi connectivity index (χ0v) is 10.8. The highest BCUT2D eigenvalue weighted by molar-refractivity contribution is 8.00. The Labute approximate surface area is 105 Å². The molecule has 0 saturated heterocycles. The van der Waals surface area contributed by atoms with E-state index in [1.165, 1.54) is 18.7 Å². The molecule has 0 bridgehead atoms. The average molecular weight is 262 g/mol. The highest BCUT2D eigenvalue weighted by atomic mass is 32.2. The smallest absolute Gasteiger partial charge is 0.230 e. The number of amides is 2. The Kier molecular flexibility index (Phi) is 9.46. The summed E-state index contributed by atoms with van der Waals surface area (Å²) in [5.74, 6) is 0.279. The molecule has 0 aliphatic heterocycles. The van der Waals surface area contributed by atoms with Crippen molar-refractivity contribution in [2.45, 2.75) is 13.0 Å². The first-order valence-corrected chi connectivity index (χ1v) is 6.31. The summed E-state index contributed by atoms with van der Waals surface area (Å²) in [4.78, 5) is 32.5. The minimum Gasteiger partial charge on any atom is -0.383 e. The first-order valence-electron chi connectivity index (χ1n) is 5.16. The van der Waals surface area contributed by atoms with Crippen molar-refractivity contribution in [3.05, 3.63) is 0 Å². The lowest BCUT2D eigenvalue weighted by atomic mass is 10.4. The third-order valence-electron chi connectivity index (χ3n) is 1.71. The molecule has 0 fully saturated rings. The van der Waals surface area contributed by atoms with Gasteiger partial charge in [0.1, 0.15) is 6.29 Å². The van der Waals surface area contributed by atoms with Crippen molar-refractivity contribution in [1.29, 1.82) is 0 Å². The lowest BCUT2D eigenvalue weighted by Gasteiger charge is -2.10. The third-order valence-corrected chi connectivity index (χ3v) is 2.77. The SMILES string of the molecule is COCCNC(=O)CSC[C@@H](C=O)NC(C)=O. The van der Waals surface area contributed by atoms with E-state index in [1.807, 2.05) is 0 Å². The van der Waals surface area contributed by atoms with E-state index in [4.69, 9.17) is 4.74 Å². The number of thioether (sulfide) groups is 1. The Balaban J connectivity index is 3.62. The molecule has 1 atom stereocenters. The zero-order chi connectivity index (χ0) is 13.1. The van der Waals surface area contributed by atoms with Gasteiger partial charge in [-0.05, 0) is 0 Å². The normalized spacial score (nSPS) is 11.6. The molecule has 0 aromatic heterocycles. The molecule has 6 nitrogen and oxygen atoms in total. The quantitative estimate of drug-likeness (QED) is 0.419. The minimum atomic E-state index is -0.538. The first kappa shape index (κ1) is 15.9. The molecule has 0 rings (SSSR count). The van der Waals surface area contributed by atoms with Gasteiger partial charge >= 0.3 is 0 Å². The van der Waals surface area contributed by atoms with Crippen molar-refractivity contribution in [3.63, 3.8) is 0 Å². The highest BCUT2D eigenvalue weighted by Gasteiger charge is 2.09. The summed E-state index contributed by atoms with van der Waals surface area (Å²) in [6.07, 6.45) is 0.664. The first-order chi connectivity index (χ1) is 8.10. The van der Waals surface area contributed by atoms with Crippen molar-refractivity contribution in [1.82, 2.24) is 10.6 Å². The molecule has 0 aliphatic carbocycles. The van der Waals surface area contributed by atoms with E-state index in [2.05, 4.69) is 10.6 Å². The highest BCUT2D eigenvalue weighted by Crippen LogP contribution is 2.01.